The molecular formula is C15H28N2O3. The highest BCUT2D eigenvalue weighted by Crippen LogP contribution is 2.33. The quantitative estimate of drug-likeness (QED) is 0.781. The lowest BCUT2D eigenvalue weighted by Gasteiger charge is -2.35. The third-order valence-electron chi connectivity index (χ3n) is 4.42. The van der Waals surface area contributed by atoms with Gasteiger partial charge >= 0.3 is 0 Å². The third-order valence-corrected chi connectivity index (χ3v) is 4.42. The van der Waals surface area contributed by atoms with Crippen LogP contribution in [0, 0.1) is 5.92 Å². The SMILES string of the molecule is CCOC1CC(CC(=O)N2CCCN(CCO)CC2)C1. The van der Waals surface area contributed by atoms with E-state index in [1.54, 1.807) is 0 Å². The van der Waals surface area contributed by atoms with Gasteiger partial charge in [0, 0.05) is 39.2 Å². The first-order valence-electron chi connectivity index (χ1n) is 7.95. The van der Waals surface area contributed by atoms with Crippen LogP contribution in [0.2, 0.25) is 0 Å². The van der Waals surface area contributed by atoms with Gasteiger partial charge in [0.1, 0.15) is 0 Å². The van der Waals surface area contributed by atoms with Crippen LogP contribution in [-0.4, -0.2) is 72.9 Å². The molecule has 5 heteroatoms. The number of hydrogen-bond acceptors (Lipinski definition) is 4. The van der Waals surface area contributed by atoms with E-state index in [4.69, 9.17) is 9.84 Å². The van der Waals surface area contributed by atoms with Crippen LogP contribution in [0.4, 0.5) is 0 Å². The number of ether oxygens (including phenoxy) is 1. The molecule has 2 rings (SSSR count). The van der Waals surface area contributed by atoms with Gasteiger partial charge in [0.15, 0.2) is 0 Å². The Labute approximate surface area is 121 Å². The molecule has 1 aliphatic heterocycles. The standard InChI is InChI=1S/C15H28N2O3/c1-2-20-14-10-13(11-14)12-15(19)17-5-3-4-16(6-7-17)8-9-18/h13-14,18H,2-12H2,1H3. The molecule has 0 atom stereocenters. The first kappa shape index (κ1) is 15.7. The molecule has 1 saturated carbocycles. The lowest BCUT2D eigenvalue weighted by Crippen LogP contribution is -2.39. The summed E-state index contributed by atoms with van der Waals surface area (Å²) in [5.41, 5.74) is 0. The number of β-amino-alcohol motifs (C(OH)–C–C–N with tert-alkyl or cyclic N) is 1. The lowest BCUT2D eigenvalue weighted by molar-refractivity contribution is -0.134. The monoisotopic (exact) mass is 284 g/mol. The van der Waals surface area contributed by atoms with Crippen LogP contribution in [0.5, 0.6) is 0 Å². The second-order valence-electron chi connectivity index (χ2n) is 5.92. The van der Waals surface area contributed by atoms with Crippen molar-refractivity contribution < 1.29 is 14.6 Å². The van der Waals surface area contributed by atoms with Crippen molar-refractivity contribution in [2.45, 2.75) is 38.7 Å². The topological polar surface area (TPSA) is 53.0 Å². The number of nitrogens with zero attached hydrogens (tertiary/aromatic N) is 2. The predicted octanol–water partition coefficient (Wildman–Crippen LogP) is 0.718. The number of carbonyl (C=O) groups excluding carboxylic acids is 1. The minimum atomic E-state index is 0.203. The van der Waals surface area contributed by atoms with Crippen molar-refractivity contribution in [2.24, 2.45) is 5.92 Å². The fourth-order valence-corrected chi connectivity index (χ4v) is 3.17. The first-order valence-corrected chi connectivity index (χ1v) is 7.95. The second kappa shape index (κ2) is 7.96. The second-order valence-corrected chi connectivity index (χ2v) is 5.92. The van der Waals surface area contributed by atoms with Crippen molar-refractivity contribution in [2.75, 3.05) is 45.9 Å². The average Bonchev–Trinajstić information content (AvgIpc) is 2.62. The smallest absolute Gasteiger partial charge is 0.222 e. The Morgan fingerprint density at radius 2 is 2.05 bits per heavy atom. The van der Waals surface area contributed by atoms with Gasteiger partial charge in [0.05, 0.1) is 12.7 Å². The molecule has 0 radical (unpaired) electrons. The Kier molecular flexibility index (Phi) is 6.26. The lowest BCUT2D eigenvalue weighted by atomic mass is 9.79. The molecule has 0 bridgehead atoms. The van der Waals surface area contributed by atoms with Crippen LogP contribution in [-0.2, 0) is 9.53 Å². The van der Waals surface area contributed by atoms with Gasteiger partial charge in [-0.2, -0.15) is 0 Å². The van der Waals surface area contributed by atoms with E-state index in [0.29, 0.717) is 24.3 Å². The van der Waals surface area contributed by atoms with Gasteiger partial charge in [0.2, 0.25) is 5.91 Å². The van der Waals surface area contributed by atoms with Crippen LogP contribution >= 0.6 is 0 Å². The molecule has 2 fully saturated rings. The van der Waals surface area contributed by atoms with Crippen molar-refractivity contribution in [3.05, 3.63) is 0 Å². The summed E-state index contributed by atoms with van der Waals surface area (Å²) in [4.78, 5) is 16.5. The molecule has 1 heterocycles. The van der Waals surface area contributed by atoms with Crippen LogP contribution in [0.3, 0.4) is 0 Å². The zero-order chi connectivity index (χ0) is 14.4. The van der Waals surface area contributed by atoms with Gasteiger partial charge < -0.3 is 14.7 Å². The Bertz CT molecular complexity index is 305. The zero-order valence-electron chi connectivity index (χ0n) is 12.6. The molecule has 1 saturated heterocycles. The molecule has 116 valence electrons. The highest BCUT2D eigenvalue weighted by molar-refractivity contribution is 5.76. The van der Waals surface area contributed by atoms with E-state index in [9.17, 15) is 4.79 Å². The van der Waals surface area contributed by atoms with E-state index in [2.05, 4.69) is 4.90 Å². The molecule has 0 unspecified atom stereocenters. The number of carbonyl (C=O) groups is 1. The van der Waals surface area contributed by atoms with E-state index in [1.165, 1.54) is 0 Å². The molecule has 0 spiro atoms. The number of amides is 1. The van der Waals surface area contributed by atoms with E-state index in [1.807, 2.05) is 11.8 Å². The van der Waals surface area contributed by atoms with Gasteiger partial charge in [-0.1, -0.05) is 0 Å². The van der Waals surface area contributed by atoms with Gasteiger partial charge in [0.25, 0.3) is 0 Å². The normalized spacial score (nSPS) is 28.0. The van der Waals surface area contributed by atoms with Crippen molar-refractivity contribution in [3.8, 4) is 0 Å². The molecule has 0 aromatic heterocycles. The van der Waals surface area contributed by atoms with E-state index in [-0.39, 0.29) is 6.61 Å². The van der Waals surface area contributed by atoms with Crippen molar-refractivity contribution in [1.82, 2.24) is 9.80 Å². The van der Waals surface area contributed by atoms with Crippen LogP contribution in [0.15, 0.2) is 0 Å². The fourth-order valence-electron chi connectivity index (χ4n) is 3.17. The predicted molar refractivity (Wildman–Crippen MR) is 77.5 cm³/mol. The number of aliphatic hydroxyl groups excluding tert-OH is 1. The number of aliphatic hydroxyl groups is 1. The fraction of sp³-hybridized carbons (Fsp3) is 0.933. The molecule has 0 aromatic rings. The van der Waals surface area contributed by atoms with E-state index >= 15 is 0 Å². The van der Waals surface area contributed by atoms with Crippen molar-refractivity contribution >= 4 is 5.91 Å². The maximum Gasteiger partial charge on any atom is 0.222 e. The molecule has 1 amide bonds. The largest absolute Gasteiger partial charge is 0.395 e. The van der Waals surface area contributed by atoms with Crippen molar-refractivity contribution in [3.63, 3.8) is 0 Å². The first-order chi connectivity index (χ1) is 9.72. The summed E-state index contributed by atoms with van der Waals surface area (Å²) < 4.78 is 5.54. The Morgan fingerprint density at radius 1 is 1.25 bits per heavy atom. The Morgan fingerprint density at radius 3 is 2.75 bits per heavy atom. The minimum absolute atomic E-state index is 0.203. The summed E-state index contributed by atoms with van der Waals surface area (Å²) in [5.74, 6) is 0.826. The van der Waals surface area contributed by atoms with Gasteiger partial charge in [-0.3, -0.25) is 9.69 Å². The molecule has 1 aliphatic carbocycles. The zero-order valence-corrected chi connectivity index (χ0v) is 12.6. The summed E-state index contributed by atoms with van der Waals surface area (Å²) in [5, 5.41) is 8.98. The molecule has 5 nitrogen and oxygen atoms in total. The van der Waals surface area contributed by atoms with E-state index < -0.39 is 0 Å². The average molecular weight is 284 g/mol. The van der Waals surface area contributed by atoms with Crippen LogP contribution < -0.4 is 0 Å². The van der Waals surface area contributed by atoms with Gasteiger partial charge in [-0.05, 0) is 38.6 Å². The Hall–Kier alpha value is -0.650. The highest BCUT2D eigenvalue weighted by Gasteiger charge is 2.32. The minimum Gasteiger partial charge on any atom is -0.395 e. The maximum atomic E-state index is 12.3. The number of rotatable bonds is 6. The maximum absolute atomic E-state index is 12.3. The van der Waals surface area contributed by atoms with Crippen molar-refractivity contribution in [1.29, 1.82) is 0 Å². The summed E-state index contributed by atoms with van der Waals surface area (Å²) in [7, 11) is 0. The van der Waals surface area contributed by atoms with Gasteiger partial charge in [-0.15, -0.1) is 0 Å². The summed E-state index contributed by atoms with van der Waals surface area (Å²) in [6.45, 7) is 7.27. The molecular weight excluding hydrogens is 256 g/mol. The summed E-state index contributed by atoms with van der Waals surface area (Å²) >= 11 is 0. The molecule has 20 heavy (non-hydrogen) atoms. The highest BCUT2D eigenvalue weighted by atomic mass is 16.5. The molecule has 1 N–H and O–H groups in total. The number of hydrogen-bond donors (Lipinski definition) is 1. The Balaban J connectivity index is 1.68. The summed E-state index contributed by atoms with van der Waals surface area (Å²) in [6.07, 6.45) is 4.18. The molecule has 2 aliphatic rings. The van der Waals surface area contributed by atoms with Crippen LogP contribution in [0.1, 0.15) is 32.6 Å². The van der Waals surface area contributed by atoms with Crippen LogP contribution in [0.25, 0.3) is 0 Å². The summed E-state index contributed by atoms with van der Waals surface area (Å²) in [6, 6.07) is 0. The third kappa shape index (κ3) is 4.43. The van der Waals surface area contributed by atoms with Gasteiger partial charge in [-0.25, -0.2) is 0 Å². The molecule has 0 aromatic carbocycles. The van der Waals surface area contributed by atoms with E-state index in [0.717, 1.165) is 58.6 Å².